The van der Waals surface area contributed by atoms with Crippen LogP contribution in [0.2, 0.25) is 0 Å². The largest absolute Gasteiger partial charge is 0.497 e. The number of nitrogens with zero attached hydrogens (tertiary/aromatic N) is 1. The molecular formula is C21H24FNO3. The van der Waals surface area contributed by atoms with Gasteiger partial charge in [0.25, 0.3) is 0 Å². The van der Waals surface area contributed by atoms with Crippen LogP contribution in [-0.2, 0) is 15.1 Å². The van der Waals surface area contributed by atoms with Crippen LogP contribution in [0, 0.1) is 5.82 Å². The highest BCUT2D eigenvalue weighted by Crippen LogP contribution is 2.38. The van der Waals surface area contributed by atoms with E-state index >= 15 is 0 Å². The highest BCUT2D eigenvalue weighted by molar-refractivity contribution is 5.87. The lowest BCUT2D eigenvalue weighted by Gasteiger charge is -2.42. The zero-order valence-electron chi connectivity index (χ0n) is 15.4. The van der Waals surface area contributed by atoms with E-state index in [0.717, 1.165) is 11.4 Å². The Kier molecular flexibility index (Phi) is 6.39. The van der Waals surface area contributed by atoms with Gasteiger partial charge in [-0.05, 0) is 48.9 Å². The molecule has 0 N–H and O–H groups in total. The van der Waals surface area contributed by atoms with E-state index < -0.39 is 11.5 Å². The van der Waals surface area contributed by atoms with Crippen LogP contribution in [0.1, 0.15) is 18.9 Å². The van der Waals surface area contributed by atoms with E-state index in [9.17, 15) is 9.18 Å². The minimum absolute atomic E-state index is 0.311. The van der Waals surface area contributed by atoms with Gasteiger partial charge in [0.15, 0.2) is 5.54 Å². The fraction of sp³-hybridized carbons (Fsp3) is 0.286. The summed E-state index contributed by atoms with van der Waals surface area (Å²) in [6.45, 7) is 6.30. The Morgan fingerprint density at radius 2 is 1.77 bits per heavy atom. The lowest BCUT2D eigenvalue weighted by molar-refractivity contribution is -0.147. The van der Waals surface area contributed by atoms with Gasteiger partial charge in [-0.15, -0.1) is 6.58 Å². The molecule has 0 fully saturated rings. The molecule has 0 saturated heterocycles. The summed E-state index contributed by atoms with van der Waals surface area (Å²) < 4.78 is 23.8. The van der Waals surface area contributed by atoms with Crippen LogP contribution >= 0.6 is 0 Å². The lowest BCUT2D eigenvalue weighted by Crippen LogP contribution is -2.53. The Labute approximate surface area is 153 Å². The molecule has 0 aliphatic rings. The van der Waals surface area contributed by atoms with E-state index in [2.05, 4.69) is 6.58 Å². The quantitative estimate of drug-likeness (QED) is 0.521. The summed E-state index contributed by atoms with van der Waals surface area (Å²) in [6, 6.07) is 13.3. The van der Waals surface area contributed by atoms with Gasteiger partial charge in [-0.1, -0.05) is 18.2 Å². The monoisotopic (exact) mass is 357 g/mol. The first-order chi connectivity index (χ1) is 12.5. The second kappa shape index (κ2) is 8.52. The number of hydrogen-bond acceptors (Lipinski definition) is 4. The first-order valence-corrected chi connectivity index (χ1v) is 8.40. The standard InChI is InChI=1S/C21H24FNO3/c1-5-15-21(20(24)26-4,16-7-9-17(22)10-8-16)23(6-2)18-11-13-19(25-3)14-12-18/h5,7-14H,1,6,15H2,2-4H3. The van der Waals surface area contributed by atoms with Gasteiger partial charge in [-0.3, -0.25) is 0 Å². The van der Waals surface area contributed by atoms with Crippen LogP contribution in [0.15, 0.2) is 61.2 Å². The van der Waals surface area contributed by atoms with Crippen molar-refractivity contribution in [2.75, 3.05) is 25.7 Å². The number of anilines is 1. The molecule has 1 unspecified atom stereocenters. The highest BCUT2D eigenvalue weighted by Gasteiger charge is 2.45. The Morgan fingerprint density at radius 3 is 2.23 bits per heavy atom. The zero-order valence-corrected chi connectivity index (χ0v) is 15.4. The van der Waals surface area contributed by atoms with Crippen LogP contribution < -0.4 is 9.64 Å². The number of halogens is 1. The van der Waals surface area contributed by atoms with E-state index in [4.69, 9.17) is 9.47 Å². The molecule has 26 heavy (non-hydrogen) atoms. The minimum atomic E-state index is -1.15. The summed E-state index contributed by atoms with van der Waals surface area (Å²) in [5, 5.41) is 0. The molecule has 138 valence electrons. The van der Waals surface area contributed by atoms with Crippen LogP contribution in [0.3, 0.4) is 0 Å². The maximum absolute atomic E-state index is 13.5. The normalized spacial score (nSPS) is 12.8. The van der Waals surface area contributed by atoms with Crippen molar-refractivity contribution < 1.29 is 18.7 Å². The molecular weight excluding hydrogens is 333 g/mol. The number of carbonyl (C=O) groups is 1. The molecule has 5 heteroatoms. The molecule has 0 amide bonds. The second-order valence-electron chi connectivity index (χ2n) is 5.79. The molecule has 4 nitrogen and oxygen atoms in total. The average Bonchev–Trinajstić information content (AvgIpc) is 2.68. The Balaban J connectivity index is 2.67. The molecule has 0 spiro atoms. The van der Waals surface area contributed by atoms with Crippen molar-refractivity contribution in [3.63, 3.8) is 0 Å². The Bertz CT molecular complexity index is 743. The van der Waals surface area contributed by atoms with Crippen molar-refractivity contribution in [3.05, 3.63) is 72.6 Å². The van der Waals surface area contributed by atoms with Crippen molar-refractivity contribution in [1.82, 2.24) is 0 Å². The molecule has 0 heterocycles. The molecule has 0 aliphatic heterocycles. The molecule has 0 saturated carbocycles. The van der Waals surface area contributed by atoms with Crippen LogP contribution in [0.25, 0.3) is 0 Å². The first kappa shape index (κ1) is 19.5. The van der Waals surface area contributed by atoms with Gasteiger partial charge in [-0.2, -0.15) is 0 Å². The van der Waals surface area contributed by atoms with E-state index in [1.807, 2.05) is 36.1 Å². The van der Waals surface area contributed by atoms with E-state index in [0.29, 0.717) is 18.5 Å². The van der Waals surface area contributed by atoms with Gasteiger partial charge >= 0.3 is 5.97 Å². The fourth-order valence-corrected chi connectivity index (χ4v) is 3.23. The number of ether oxygens (including phenoxy) is 2. The van der Waals surface area contributed by atoms with Crippen molar-refractivity contribution in [2.45, 2.75) is 18.9 Å². The van der Waals surface area contributed by atoms with Gasteiger partial charge in [0.05, 0.1) is 14.2 Å². The molecule has 2 aromatic rings. The van der Waals surface area contributed by atoms with Gasteiger partial charge in [-0.25, -0.2) is 9.18 Å². The smallest absolute Gasteiger partial charge is 0.336 e. The zero-order chi connectivity index (χ0) is 19.2. The van der Waals surface area contributed by atoms with Gasteiger partial charge < -0.3 is 14.4 Å². The minimum Gasteiger partial charge on any atom is -0.497 e. The first-order valence-electron chi connectivity index (χ1n) is 8.40. The van der Waals surface area contributed by atoms with Crippen molar-refractivity contribution in [1.29, 1.82) is 0 Å². The topological polar surface area (TPSA) is 38.8 Å². The summed E-state index contributed by atoms with van der Waals surface area (Å²) >= 11 is 0. The Hall–Kier alpha value is -2.82. The maximum atomic E-state index is 13.5. The third-order valence-corrected chi connectivity index (χ3v) is 4.45. The molecule has 0 bridgehead atoms. The highest BCUT2D eigenvalue weighted by atomic mass is 19.1. The predicted octanol–water partition coefficient (Wildman–Crippen LogP) is 4.31. The van der Waals surface area contributed by atoms with Crippen LogP contribution in [0.5, 0.6) is 5.75 Å². The van der Waals surface area contributed by atoms with Crippen LogP contribution in [0.4, 0.5) is 10.1 Å². The molecule has 2 rings (SSSR count). The summed E-state index contributed by atoms with van der Waals surface area (Å²) in [6.07, 6.45) is 1.98. The summed E-state index contributed by atoms with van der Waals surface area (Å²) in [5.41, 5.74) is 0.321. The third-order valence-electron chi connectivity index (χ3n) is 4.45. The molecule has 2 aromatic carbocycles. The van der Waals surface area contributed by atoms with E-state index in [1.54, 1.807) is 25.3 Å². The van der Waals surface area contributed by atoms with Crippen LogP contribution in [-0.4, -0.2) is 26.7 Å². The number of benzene rings is 2. The molecule has 0 aliphatic carbocycles. The second-order valence-corrected chi connectivity index (χ2v) is 5.79. The van der Waals surface area contributed by atoms with Gasteiger partial charge in [0, 0.05) is 18.7 Å². The third kappa shape index (κ3) is 3.57. The summed E-state index contributed by atoms with van der Waals surface area (Å²) in [5.74, 6) is -0.0701. The Morgan fingerprint density at radius 1 is 1.15 bits per heavy atom. The predicted molar refractivity (Wildman–Crippen MR) is 101 cm³/mol. The molecule has 0 radical (unpaired) electrons. The average molecular weight is 357 g/mol. The van der Waals surface area contributed by atoms with E-state index in [1.165, 1.54) is 19.2 Å². The van der Waals surface area contributed by atoms with Crippen molar-refractivity contribution >= 4 is 11.7 Å². The van der Waals surface area contributed by atoms with Gasteiger partial charge in [0.1, 0.15) is 11.6 Å². The summed E-state index contributed by atoms with van der Waals surface area (Å²) in [4.78, 5) is 14.9. The fourth-order valence-electron chi connectivity index (χ4n) is 3.23. The summed E-state index contributed by atoms with van der Waals surface area (Å²) in [7, 11) is 2.95. The number of hydrogen-bond donors (Lipinski definition) is 0. The van der Waals surface area contributed by atoms with Crippen molar-refractivity contribution in [3.8, 4) is 5.75 Å². The number of carbonyl (C=O) groups excluding carboxylic acids is 1. The lowest BCUT2D eigenvalue weighted by atomic mass is 9.84. The molecule has 0 aromatic heterocycles. The number of rotatable bonds is 8. The van der Waals surface area contributed by atoms with E-state index in [-0.39, 0.29) is 5.82 Å². The number of esters is 1. The van der Waals surface area contributed by atoms with Crippen molar-refractivity contribution in [2.24, 2.45) is 0 Å². The number of likely N-dealkylation sites (N-methyl/N-ethyl adjacent to an activating group) is 1. The number of methoxy groups -OCH3 is 2. The molecule has 1 atom stereocenters. The SMILES string of the molecule is C=CCC(C(=O)OC)(c1ccc(F)cc1)N(CC)c1ccc(OC)cc1. The van der Waals surface area contributed by atoms with Gasteiger partial charge in [0.2, 0.25) is 0 Å². The maximum Gasteiger partial charge on any atom is 0.336 e.